The van der Waals surface area contributed by atoms with Crippen LogP contribution in [0.5, 0.6) is 0 Å². The molecule has 1 aromatic heterocycles. The Morgan fingerprint density at radius 3 is 2.18 bits per heavy atom. The van der Waals surface area contributed by atoms with Crippen molar-refractivity contribution in [3.63, 3.8) is 0 Å². The molecule has 1 aromatic rings. The van der Waals surface area contributed by atoms with E-state index < -0.39 is 6.01 Å². The fourth-order valence-corrected chi connectivity index (χ4v) is 1.61. The van der Waals surface area contributed by atoms with Crippen molar-refractivity contribution in [2.45, 2.75) is 26.2 Å². The molecule has 0 atom stereocenters. The zero-order chi connectivity index (χ0) is 8.65. The quantitative estimate of drug-likeness (QED) is 0.653. The number of hydrogen-bond donors (Lipinski definition) is 0. The number of halogens is 2. The molecule has 0 aliphatic carbocycles. The summed E-state index contributed by atoms with van der Waals surface area (Å²) in [4.78, 5) is 0. The van der Waals surface area contributed by atoms with Gasteiger partial charge in [0.25, 0.3) is 6.01 Å². The largest absolute Gasteiger partial charge is 0.438 e. The van der Waals surface area contributed by atoms with Crippen molar-refractivity contribution >= 4 is 15.9 Å². The van der Waals surface area contributed by atoms with Gasteiger partial charge in [0.2, 0.25) is 0 Å². The fraction of sp³-hybridized carbons (Fsp3) is 0.500. The molecule has 0 saturated carbocycles. The van der Waals surface area contributed by atoms with Crippen LogP contribution in [0.25, 0.3) is 0 Å². The van der Waals surface area contributed by atoms with E-state index in [4.69, 9.17) is 0 Å². The van der Waals surface area contributed by atoms with Gasteiger partial charge >= 0.3 is 0 Å². The molecule has 0 fully saturated rings. The van der Waals surface area contributed by atoms with Gasteiger partial charge in [0.1, 0.15) is 0 Å². The SMILES string of the molecule is CC(C)(C)c1coc(F)c1Br. The van der Waals surface area contributed by atoms with Crippen LogP contribution >= 0.6 is 15.9 Å². The van der Waals surface area contributed by atoms with E-state index in [1.165, 1.54) is 6.26 Å². The topological polar surface area (TPSA) is 13.1 Å². The van der Waals surface area contributed by atoms with Gasteiger partial charge in [-0.05, 0) is 21.3 Å². The molecule has 0 radical (unpaired) electrons. The molecule has 0 amide bonds. The number of furan rings is 1. The van der Waals surface area contributed by atoms with Gasteiger partial charge < -0.3 is 4.42 Å². The maximum Gasteiger partial charge on any atom is 0.292 e. The fourth-order valence-electron chi connectivity index (χ4n) is 0.826. The van der Waals surface area contributed by atoms with E-state index in [0.29, 0.717) is 4.47 Å². The third kappa shape index (κ3) is 1.64. The Bertz CT molecular complexity index is 260. The molecule has 3 heteroatoms. The summed E-state index contributed by atoms with van der Waals surface area (Å²) in [6.07, 6.45) is 1.44. The first-order valence-corrected chi connectivity index (χ1v) is 4.15. The number of rotatable bonds is 0. The Labute approximate surface area is 73.7 Å². The van der Waals surface area contributed by atoms with Crippen molar-refractivity contribution in [2.75, 3.05) is 0 Å². The van der Waals surface area contributed by atoms with Crippen LogP contribution in [-0.4, -0.2) is 0 Å². The summed E-state index contributed by atoms with van der Waals surface area (Å²) in [7, 11) is 0. The first-order valence-electron chi connectivity index (χ1n) is 3.36. The molecule has 0 saturated heterocycles. The predicted octanol–water partition coefficient (Wildman–Crippen LogP) is 3.48. The molecule has 0 aliphatic heterocycles. The van der Waals surface area contributed by atoms with Gasteiger partial charge in [-0.25, -0.2) is 0 Å². The predicted molar refractivity (Wildman–Crippen MR) is 45.1 cm³/mol. The highest BCUT2D eigenvalue weighted by Gasteiger charge is 2.22. The highest BCUT2D eigenvalue weighted by atomic mass is 79.9. The average Bonchev–Trinajstić information content (AvgIpc) is 2.11. The lowest BCUT2D eigenvalue weighted by atomic mass is 9.89. The molecule has 0 spiro atoms. The average molecular weight is 221 g/mol. The van der Waals surface area contributed by atoms with E-state index in [2.05, 4.69) is 20.3 Å². The maximum atomic E-state index is 12.7. The van der Waals surface area contributed by atoms with E-state index in [9.17, 15) is 4.39 Å². The van der Waals surface area contributed by atoms with Crippen molar-refractivity contribution in [3.8, 4) is 0 Å². The third-order valence-electron chi connectivity index (χ3n) is 1.50. The molecule has 62 valence electrons. The number of hydrogen-bond acceptors (Lipinski definition) is 1. The van der Waals surface area contributed by atoms with Crippen molar-refractivity contribution in [3.05, 3.63) is 22.3 Å². The minimum Gasteiger partial charge on any atom is -0.438 e. The second-order valence-corrected chi connectivity index (χ2v) is 4.28. The molecule has 1 nitrogen and oxygen atoms in total. The Kier molecular flexibility index (Phi) is 2.10. The monoisotopic (exact) mass is 220 g/mol. The van der Waals surface area contributed by atoms with Crippen molar-refractivity contribution in [1.29, 1.82) is 0 Å². The molecule has 1 heterocycles. The molecule has 0 aliphatic rings. The van der Waals surface area contributed by atoms with Crippen LogP contribution in [0.1, 0.15) is 26.3 Å². The smallest absolute Gasteiger partial charge is 0.292 e. The minimum atomic E-state index is -0.546. The van der Waals surface area contributed by atoms with Crippen LogP contribution in [0.4, 0.5) is 4.39 Å². The van der Waals surface area contributed by atoms with E-state index in [1.807, 2.05) is 20.8 Å². The van der Waals surface area contributed by atoms with Gasteiger partial charge in [-0.2, -0.15) is 4.39 Å². The zero-order valence-electron chi connectivity index (χ0n) is 6.74. The van der Waals surface area contributed by atoms with Gasteiger partial charge in [-0.15, -0.1) is 0 Å². The Morgan fingerprint density at radius 2 is 2.00 bits per heavy atom. The minimum absolute atomic E-state index is 0.0767. The third-order valence-corrected chi connectivity index (χ3v) is 2.24. The van der Waals surface area contributed by atoms with Crippen molar-refractivity contribution < 1.29 is 8.81 Å². The van der Waals surface area contributed by atoms with Gasteiger partial charge in [0, 0.05) is 5.56 Å². The highest BCUT2D eigenvalue weighted by Crippen LogP contribution is 2.32. The lowest BCUT2D eigenvalue weighted by Crippen LogP contribution is -2.10. The van der Waals surface area contributed by atoms with Crippen molar-refractivity contribution in [2.24, 2.45) is 0 Å². The molecule has 0 bridgehead atoms. The lowest BCUT2D eigenvalue weighted by Gasteiger charge is -2.15. The van der Waals surface area contributed by atoms with E-state index >= 15 is 0 Å². The van der Waals surface area contributed by atoms with Gasteiger partial charge in [-0.3, -0.25) is 0 Å². The van der Waals surface area contributed by atoms with Gasteiger partial charge in [0.15, 0.2) is 0 Å². The van der Waals surface area contributed by atoms with Crippen LogP contribution in [0.2, 0.25) is 0 Å². The van der Waals surface area contributed by atoms with Crippen LogP contribution < -0.4 is 0 Å². The van der Waals surface area contributed by atoms with Gasteiger partial charge in [0.05, 0.1) is 10.7 Å². The Balaban J connectivity index is 3.15. The van der Waals surface area contributed by atoms with Crippen LogP contribution in [0, 0.1) is 6.01 Å². The first kappa shape index (κ1) is 8.78. The molecule has 11 heavy (non-hydrogen) atoms. The van der Waals surface area contributed by atoms with Gasteiger partial charge in [-0.1, -0.05) is 20.8 Å². The van der Waals surface area contributed by atoms with E-state index in [0.717, 1.165) is 5.56 Å². The molecular weight excluding hydrogens is 211 g/mol. The van der Waals surface area contributed by atoms with Crippen LogP contribution in [0.15, 0.2) is 15.2 Å². The maximum absolute atomic E-state index is 12.7. The summed E-state index contributed by atoms with van der Waals surface area (Å²) in [5.41, 5.74) is 0.780. The van der Waals surface area contributed by atoms with Crippen molar-refractivity contribution in [1.82, 2.24) is 0 Å². The summed E-state index contributed by atoms with van der Waals surface area (Å²) >= 11 is 3.12. The second kappa shape index (κ2) is 2.63. The Morgan fingerprint density at radius 1 is 1.45 bits per heavy atom. The highest BCUT2D eigenvalue weighted by molar-refractivity contribution is 9.10. The zero-order valence-corrected chi connectivity index (χ0v) is 8.33. The normalized spacial score (nSPS) is 12.1. The summed E-state index contributed by atoms with van der Waals surface area (Å²) < 4.78 is 17.7. The summed E-state index contributed by atoms with van der Waals surface area (Å²) in [5.74, 6) is 0. The molecule has 0 unspecified atom stereocenters. The van der Waals surface area contributed by atoms with E-state index in [1.54, 1.807) is 0 Å². The summed E-state index contributed by atoms with van der Waals surface area (Å²) in [6.45, 7) is 6.01. The Hall–Kier alpha value is -0.310. The second-order valence-electron chi connectivity index (χ2n) is 3.49. The van der Waals surface area contributed by atoms with Crippen LogP contribution in [-0.2, 0) is 5.41 Å². The summed E-state index contributed by atoms with van der Waals surface area (Å²) in [5, 5.41) is 0. The lowest BCUT2D eigenvalue weighted by molar-refractivity contribution is 0.354. The first-order chi connectivity index (χ1) is 4.93. The molecular formula is C8H10BrFO. The summed E-state index contributed by atoms with van der Waals surface area (Å²) in [6, 6.07) is -0.546. The molecule has 0 aromatic carbocycles. The van der Waals surface area contributed by atoms with E-state index in [-0.39, 0.29) is 5.41 Å². The molecule has 0 N–H and O–H groups in total. The van der Waals surface area contributed by atoms with Crippen LogP contribution in [0.3, 0.4) is 0 Å². The standard InChI is InChI=1S/C8H10BrFO/c1-8(2,3)5-4-11-7(10)6(5)9/h4H,1-3H3. The molecule has 1 rings (SSSR count).